The van der Waals surface area contributed by atoms with Crippen molar-refractivity contribution in [3.63, 3.8) is 0 Å². The number of amides is 1. The number of nitrogens with two attached hydrogens (primary N) is 1. The molecule has 5 N–H and O–H groups in total. The third-order valence-electron chi connectivity index (χ3n) is 6.15. The molecule has 0 aliphatic carbocycles. The Morgan fingerprint density at radius 2 is 1.66 bits per heavy atom. The highest BCUT2D eigenvalue weighted by atomic mass is 16.5. The Balaban J connectivity index is 1.58. The highest BCUT2D eigenvalue weighted by Crippen LogP contribution is 2.25. The van der Waals surface area contributed by atoms with Crippen molar-refractivity contribution in [1.29, 1.82) is 5.41 Å². The van der Waals surface area contributed by atoms with Gasteiger partial charge in [-0.1, -0.05) is 18.2 Å². The highest BCUT2D eigenvalue weighted by Gasteiger charge is 2.20. The van der Waals surface area contributed by atoms with Gasteiger partial charge in [0, 0.05) is 29.8 Å². The second-order valence-electron chi connectivity index (χ2n) is 8.71. The molecule has 1 aliphatic heterocycles. The van der Waals surface area contributed by atoms with Crippen LogP contribution in [0.5, 0.6) is 5.75 Å². The molecule has 0 bridgehead atoms. The number of nitrogen functional groups attached to an aromatic ring is 1. The van der Waals surface area contributed by atoms with E-state index in [2.05, 4.69) is 5.32 Å². The zero-order valence-electron chi connectivity index (χ0n) is 19.5. The lowest BCUT2D eigenvalue weighted by Crippen LogP contribution is -2.34. The zero-order chi connectivity index (χ0) is 24.8. The van der Waals surface area contributed by atoms with Crippen molar-refractivity contribution in [2.75, 3.05) is 24.5 Å². The summed E-state index contributed by atoms with van der Waals surface area (Å²) in [5.74, 6) is -0.407. The number of aliphatic carboxylic acids is 1. The van der Waals surface area contributed by atoms with Crippen molar-refractivity contribution in [3.8, 4) is 5.75 Å². The number of nitrogens with one attached hydrogen (secondary N) is 2. The Bertz CT molecular complexity index is 1220. The van der Waals surface area contributed by atoms with Crippen LogP contribution in [0.2, 0.25) is 0 Å². The summed E-state index contributed by atoms with van der Waals surface area (Å²) < 4.78 is 6.08. The summed E-state index contributed by atoms with van der Waals surface area (Å²) in [6.45, 7) is 2.15. The molecule has 0 spiro atoms. The van der Waals surface area contributed by atoms with E-state index in [0.29, 0.717) is 23.2 Å². The van der Waals surface area contributed by atoms with Crippen molar-refractivity contribution in [2.24, 2.45) is 5.73 Å². The van der Waals surface area contributed by atoms with Gasteiger partial charge in [-0.05, 0) is 85.6 Å². The van der Waals surface area contributed by atoms with Crippen LogP contribution in [0, 0.1) is 5.41 Å². The van der Waals surface area contributed by atoms with Crippen LogP contribution in [0.1, 0.15) is 41.6 Å². The van der Waals surface area contributed by atoms with Gasteiger partial charge in [0.25, 0.3) is 5.91 Å². The van der Waals surface area contributed by atoms with Crippen molar-refractivity contribution in [3.05, 3.63) is 71.8 Å². The number of fused-ring (bicyclic) bond motifs is 1. The Labute approximate surface area is 204 Å². The minimum absolute atomic E-state index is 0.0274. The number of hydrogen-bond donors (Lipinski definition) is 4. The topological polar surface area (TPSA) is 129 Å². The lowest BCUT2D eigenvalue weighted by atomic mass is 10.0. The molecule has 35 heavy (non-hydrogen) atoms. The second kappa shape index (κ2) is 11.0. The molecule has 0 aromatic heterocycles. The first kappa shape index (κ1) is 24.2. The number of amidine groups is 1. The largest absolute Gasteiger partial charge is 0.490 e. The molecule has 1 heterocycles. The first-order chi connectivity index (χ1) is 16.9. The number of hydrogen-bond acceptors (Lipinski definition) is 5. The number of anilines is 1. The number of ether oxygens (including phenoxy) is 1. The molecule has 182 valence electrons. The fraction of sp³-hybridized carbons (Fsp3) is 0.296. The zero-order valence-corrected chi connectivity index (χ0v) is 19.5. The van der Waals surface area contributed by atoms with E-state index < -0.39 is 5.97 Å². The summed E-state index contributed by atoms with van der Waals surface area (Å²) >= 11 is 0. The molecule has 0 saturated carbocycles. The van der Waals surface area contributed by atoms with Crippen molar-refractivity contribution < 1.29 is 19.4 Å². The Morgan fingerprint density at radius 3 is 2.31 bits per heavy atom. The number of benzene rings is 3. The predicted octanol–water partition coefficient (Wildman–Crippen LogP) is 3.77. The number of rotatable bonds is 9. The number of carboxylic acid groups (broad SMARTS) is 1. The summed E-state index contributed by atoms with van der Waals surface area (Å²) in [7, 11) is 0. The van der Waals surface area contributed by atoms with E-state index in [1.165, 1.54) is 0 Å². The number of piperidine rings is 1. The van der Waals surface area contributed by atoms with Gasteiger partial charge in [0.05, 0.1) is 0 Å². The summed E-state index contributed by atoms with van der Waals surface area (Å²) in [6, 6.07) is 18.2. The van der Waals surface area contributed by atoms with Crippen LogP contribution in [-0.2, 0) is 4.79 Å². The standard InChI is InChI=1S/C27H30N4O4/c28-26(29)19-5-3-18-4-6-20(17-21(18)16-19)27(34)31(15-1-2-25(32)33)22-7-9-23(10-8-22)35-24-11-13-30-14-12-24/h3-10,16-17,24,30H,1-2,11-15H2,(H3,28,29)(H,32,33). The van der Waals surface area contributed by atoms with Gasteiger partial charge in [0.2, 0.25) is 0 Å². The molecule has 8 nitrogen and oxygen atoms in total. The average Bonchev–Trinajstić information content (AvgIpc) is 2.86. The molecule has 1 amide bonds. The van der Waals surface area contributed by atoms with Gasteiger partial charge in [-0.3, -0.25) is 15.0 Å². The SMILES string of the molecule is N=C(N)c1ccc2ccc(C(=O)N(CCCC(=O)O)c3ccc(OC4CCNCC4)cc3)cc2c1. The number of carbonyl (C=O) groups is 2. The summed E-state index contributed by atoms with van der Waals surface area (Å²) in [4.78, 5) is 26.2. The van der Waals surface area contributed by atoms with Crippen LogP contribution in [-0.4, -0.2) is 48.6 Å². The molecule has 1 aliphatic rings. The maximum atomic E-state index is 13.6. The van der Waals surface area contributed by atoms with E-state index in [0.717, 1.165) is 42.5 Å². The van der Waals surface area contributed by atoms with E-state index in [-0.39, 0.29) is 30.8 Å². The van der Waals surface area contributed by atoms with Crippen LogP contribution >= 0.6 is 0 Å². The minimum atomic E-state index is -0.898. The van der Waals surface area contributed by atoms with E-state index in [1.54, 1.807) is 29.2 Å². The fourth-order valence-electron chi connectivity index (χ4n) is 4.25. The van der Waals surface area contributed by atoms with Crippen LogP contribution in [0.15, 0.2) is 60.7 Å². The molecule has 0 unspecified atom stereocenters. The molecule has 0 atom stereocenters. The smallest absolute Gasteiger partial charge is 0.303 e. The average molecular weight is 475 g/mol. The molecule has 1 fully saturated rings. The number of nitrogens with zero attached hydrogens (tertiary/aromatic N) is 1. The fourth-order valence-corrected chi connectivity index (χ4v) is 4.25. The van der Waals surface area contributed by atoms with Crippen LogP contribution in [0.3, 0.4) is 0 Å². The number of carboxylic acids is 1. The normalized spacial score (nSPS) is 13.9. The first-order valence-electron chi connectivity index (χ1n) is 11.8. The molecular weight excluding hydrogens is 444 g/mol. The quantitative estimate of drug-likeness (QED) is 0.276. The highest BCUT2D eigenvalue weighted by molar-refractivity contribution is 6.08. The molecule has 0 radical (unpaired) electrons. The van der Waals surface area contributed by atoms with Gasteiger partial charge in [-0.25, -0.2) is 0 Å². The Hall–Kier alpha value is -3.91. The minimum Gasteiger partial charge on any atom is -0.490 e. The molecule has 4 rings (SSSR count). The molecule has 8 heteroatoms. The van der Waals surface area contributed by atoms with Crippen LogP contribution in [0.25, 0.3) is 10.8 Å². The van der Waals surface area contributed by atoms with E-state index in [9.17, 15) is 9.59 Å². The van der Waals surface area contributed by atoms with Crippen LogP contribution < -0.4 is 20.7 Å². The molecular formula is C27H30N4O4. The third kappa shape index (κ3) is 6.16. The van der Waals surface area contributed by atoms with Crippen molar-refractivity contribution >= 4 is 34.2 Å². The van der Waals surface area contributed by atoms with E-state index in [4.69, 9.17) is 21.0 Å². The van der Waals surface area contributed by atoms with E-state index in [1.807, 2.05) is 36.4 Å². The molecule has 3 aromatic rings. The van der Waals surface area contributed by atoms with Gasteiger partial charge in [0.1, 0.15) is 17.7 Å². The Kier molecular flexibility index (Phi) is 7.62. The lowest BCUT2D eigenvalue weighted by Gasteiger charge is -2.25. The maximum Gasteiger partial charge on any atom is 0.303 e. The van der Waals surface area contributed by atoms with Crippen LogP contribution in [0.4, 0.5) is 5.69 Å². The predicted molar refractivity (Wildman–Crippen MR) is 136 cm³/mol. The van der Waals surface area contributed by atoms with Gasteiger partial charge >= 0.3 is 5.97 Å². The summed E-state index contributed by atoms with van der Waals surface area (Å²) in [5.41, 5.74) is 7.36. The number of carbonyl (C=O) groups excluding carboxylic acids is 1. The first-order valence-corrected chi connectivity index (χ1v) is 11.8. The van der Waals surface area contributed by atoms with Gasteiger partial charge in [-0.15, -0.1) is 0 Å². The monoisotopic (exact) mass is 474 g/mol. The van der Waals surface area contributed by atoms with E-state index >= 15 is 0 Å². The summed E-state index contributed by atoms with van der Waals surface area (Å²) in [6.07, 6.45) is 2.38. The maximum absolute atomic E-state index is 13.6. The van der Waals surface area contributed by atoms with Crippen molar-refractivity contribution in [1.82, 2.24) is 5.32 Å². The lowest BCUT2D eigenvalue weighted by molar-refractivity contribution is -0.137. The Morgan fingerprint density at radius 1 is 1.00 bits per heavy atom. The van der Waals surface area contributed by atoms with Crippen molar-refractivity contribution in [2.45, 2.75) is 31.8 Å². The third-order valence-corrected chi connectivity index (χ3v) is 6.15. The van der Waals surface area contributed by atoms with Gasteiger partial charge in [-0.2, -0.15) is 0 Å². The molecule has 3 aromatic carbocycles. The van der Waals surface area contributed by atoms with Gasteiger partial charge in [0.15, 0.2) is 0 Å². The summed E-state index contributed by atoms with van der Waals surface area (Å²) in [5, 5.41) is 21.8. The van der Waals surface area contributed by atoms with Gasteiger partial charge < -0.3 is 25.8 Å². The second-order valence-corrected chi connectivity index (χ2v) is 8.71. The molecule has 1 saturated heterocycles.